The van der Waals surface area contributed by atoms with Crippen LogP contribution in [0.1, 0.15) is 52.4 Å². The number of allylic oxidation sites excluding steroid dienone is 1. The highest BCUT2D eigenvalue weighted by atomic mass is 16.5. The van der Waals surface area contributed by atoms with Crippen LogP contribution in [-0.2, 0) is 9.53 Å². The van der Waals surface area contributed by atoms with Gasteiger partial charge in [-0.05, 0) is 12.8 Å². The molecule has 0 aliphatic rings. The third kappa shape index (κ3) is 9.30. The van der Waals surface area contributed by atoms with Gasteiger partial charge in [0.25, 0.3) is 0 Å². The molecule has 0 saturated carbocycles. The molecule has 2 nitrogen and oxygen atoms in total. The summed E-state index contributed by atoms with van der Waals surface area (Å²) in [5, 5.41) is 0. The Hall–Kier alpha value is -0.790. The zero-order valence-electron chi connectivity index (χ0n) is 9.42. The third-order valence-corrected chi connectivity index (χ3v) is 1.95. The highest BCUT2D eigenvalue weighted by Crippen LogP contribution is 2.00. The summed E-state index contributed by atoms with van der Waals surface area (Å²) in [5.74, 6) is -0.105. The first-order valence-corrected chi connectivity index (χ1v) is 5.61. The van der Waals surface area contributed by atoms with Crippen molar-refractivity contribution in [1.29, 1.82) is 0 Å². The first kappa shape index (κ1) is 13.2. The van der Waals surface area contributed by atoms with Crippen LogP contribution < -0.4 is 0 Å². The number of hydrogen-bond acceptors (Lipinski definition) is 2. The lowest BCUT2D eigenvalue weighted by Crippen LogP contribution is -2.04. The molecule has 0 bridgehead atoms. The molecule has 82 valence electrons. The number of ether oxygens (including phenoxy) is 1. The van der Waals surface area contributed by atoms with Gasteiger partial charge in [-0.2, -0.15) is 0 Å². The van der Waals surface area contributed by atoms with Crippen LogP contribution in [0.5, 0.6) is 0 Å². The summed E-state index contributed by atoms with van der Waals surface area (Å²) in [7, 11) is 0. The van der Waals surface area contributed by atoms with Crippen molar-refractivity contribution < 1.29 is 9.53 Å². The fourth-order valence-electron chi connectivity index (χ4n) is 1.12. The van der Waals surface area contributed by atoms with Crippen LogP contribution in [0.2, 0.25) is 0 Å². The fourth-order valence-corrected chi connectivity index (χ4v) is 1.12. The molecule has 0 heterocycles. The second kappa shape index (κ2) is 10.3. The van der Waals surface area contributed by atoms with Crippen LogP contribution in [0.15, 0.2) is 12.2 Å². The molecule has 0 spiro atoms. The maximum absolute atomic E-state index is 11.1. The van der Waals surface area contributed by atoms with Gasteiger partial charge < -0.3 is 4.74 Å². The normalized spacial score (nSPS) is 10.7. The van der Waals surface area contributed by atoms with Gasteiger partial charge in [-0.1, -0.05) is 45.3 Å². The van der Waals surface area contributed by atoms with Crippen molar-refractivity contribution >= 4 is 5.97 Å². The van der Waals surface area contributed by atoms with Crippen molar-refractivity contribution in [1.82, 2.24) is 0 Å². The Morgan fingerprint density at radius 1 is 1.14 bits per heavy atom. The first-order chi connectivity index (χ1) is 6.81. The summed E-state index contributed by atoms with van der Waals surface area (Å²) >= 11 is 0. The largest absolute Gasteiger partial charge is 0.465 e. The van der Waals surface area contributed by atoms with Gasteiger partial charge in [0.2, 0.25) is 0 Å². The van der Waals surface area contributed by atoms with Gasteiger partial charge >= 0.3 is 5.97 Å². The highest BCUT2D eigenvalue weighted by molar-refractivity contribution is 5.71. The molecule has 2 heteroatoms. The molecular formula is C12H22O2. The average Bonchev–Trinajstić information content (AvgIpc) is 2.18. The van der Waals surface area contributed by atoms with Crippen LogP contribution in [0, 0.1) is 0 Å². The SMILES string of the molecule is CC/C=C\CC(=O)OCCCCCC. The van der Waals surface area contributed by atoms with Gasteiger partial charge in [-0.15, -0.1) is 0 Å². The lowest BCUT2D eigenvalue weighted by atomic mass is 10.2. The zero-order chi connectivity index (χ0) is 10.6. The minimum atomic E-state index is -0.105. The molecule has 14 heavy (non-hydrogen) atoms. The molecule has 0 aromatic carbocycles. The smallest absolute Gasteiger partial charge is 0.309 e. The zero-order valence-corrected chi connectivity index (χ0v) is 9.42. The topological polar surface area (TPSA) is 26.3 Å². The van der Waals surface area contributed by atoms with Crippen LogP contribution >= 0.6 is 0 Å². The number of carbonyl (C=O) groups is 1. The molecule has 0 aromatic heterocycles. The van der Waals surface area contributed by atoms with Gasteiger partial charge in [0.05, 0.1) is 13.0 Å². The molecule has 0 rings (SSSR count). The van der Waals surface area contributed by atoms with Crippen LogP contribution in [0.4, 0.5) is 0 Å². The summed E-state index contributed by atoms with van der Waals surface area (Å²) in [5.41, 5.74) is 0. The summed E-state index contributed by atoms with van der Waals surface area (Å²) in [6, 6.07) is 0. The van der Waals surface area contributed by atoms with Gasteiger partial charge in [0, 0.05) is 0 Å². The second-order valence-corrected chi connectivity index (χ2v) is 3.36. The monoisotopic (exact) mass is 198 g/mol. The minimum Gasteiger partial charge on any atom is -0.465 e. The number of rotatable bonds is 8. The molecule has 0 saturated heterocycles. The maximum Gasteiger partial charge on any atom is 0.309 e. The fraction of sp³-hybridized carbons (Fsp3) is 0.750. The molecule has 0 aromatic rings. The van der Waals surface area contributed by atoms with E-state index in [1.165, 1.54) is 12.8 Å². The maximum atomic E-state index is 11.1. The van der Waals surface area contributed by atoms with Crippen LogP contribution in [0.25, 0.3) is 0 Å². The standard InChI is InChI=1S/C12H22O2/c1-3-5-7-9-11-14-12(13)10-8-6-4-2/h6,8H,3-5,7,9-11H2,1-2H3/b8-6-. The van der Waals surface area contributed by atoms with E-state index in [4.69, 9.17) is 4.74 Å². The lowest BCUT2D eigenvalue weighted by molar-refractivity contribution is -0.142. The first-order valence-electron chi connectivity index (χ1n) is 5.61. The number of unbranched alkanes of at least 4 members (excludes halogenated alkanes) is 3. The summed E-state index contributed by atoms with van der Waals surface area (Å²) in [6.07, 6.45) is 9.85. The van der Waals surface area contributed by atoms with Crippen molar-refractivity contribution in [3.8, 4) is 0 Å². The van der Waals surface area contributed by atoms with E-state index in [0.717, 1.165) is 19.3 Å². The molecule has 0 N–H and O–H groups in total. The Labute approximate surface area is 87.3 Å². The summed E-state index contributed by atoms with van der Waals surface area (Å²) < 4.78 is 5.04. The molecule has 0 unspecified atom stereocenters. The second-order valence-electron chi connectivity index (χ2n) is 3.36. The average molecular weight is 198 g/mol. The van der Waals surface area contributed by atoms with Gasteiger partial charge in [-0.25, -0.2) is 0 Å². The Kier molecular flexibility index (Phi) is 9.71. The Morgan fingerprint density at radius 3 is 2.57 bits per heavy atom. The lowest BCUT2D eigenvalue weighted by Gasteiger charge is -2.02. The Bertz CT molecular complexity index is 162. The van der Waals surface area contributed by atoms with E-state index in [2.05, 4.69) is 6.92 Å². The van der Waals surface area contributed by atoms with Gasteiger partial charge in [0.1, 0.15) is 0 Å². The molecular weight excluding hydrogens is 176 g/mol. The van der Waals surface area contributed by atoms with Crippen molar-refractivity contribution in [2.45, 2.75) is 52.4 Å². The number of carbonyl (C=O) groups excluding carboxylic acids is 1. The van der Waals surface area contributed by atoms with Crippen molar-refractivity contribution in [3.63, 3.8) is 0 Å². The van der Waals surface area contributed by atoms with E-state index in [0.29, 0.717) is 13.0 Å². The van der Waals surface area contributed by atoms with E-state index < -0.39 is 0 Å². The quantitative estimate of drug-likeness (QED) is 0.339. The van der Waals surface area contributed by atoms with Gasteiger partial charge in [0.15, 0.2) is 0 Å². The Balaban J connectivity index is 3.22. The molecule has 0 aliphatic carbocycles. The van der Waals surface area contributed by atoms with E-state index in [1.807, 2.05) is 19.1 Å². The summed E-state index contributed by atoms with van der Waals surface area (Å²) in [6.45, 7) is 4.80. The summed E-state index contributed by atoms with van der Waals surface area (Å²) in [4.78, 5) is 11.1. The van der Waals surface area contributed by atoms with Gasteiger partial charge in [-0.3, -0.25) is 4.79 Å². The van der Waals surface area contributed by atoms with Crippen molar-refractivity contribution in [2.24, 2.45) is 0 Å². The molecule has 0 amide bonds. The van der Waals surface area contributed by atoms with E-state index in [1.54, 1.807) is 0 Å². The number of hydrogen-bond donors (Lipinski definition) is 0. The number of esters is 1. The predicted molar refractivity (Wildman–Crippen MR) is 59.1 cm³/mol. The van der Waals surface area contributed by atoms with E-state index in [-0.39, 0.29) is 5.97 Å². The highest BCUT2D eigenvalue weighted by Gasteiger charge is 1.98. The van der Waals surface area contributed by atoms with Crippen molar-refractivity contribution in [3.05, 3.63) is 12.2 Å². The van der Waals surface area contributed by atoms with Crippen LogP contribution in [0.3, 0.4) is 0 Å². The predicted octanol–water partition coefficient (Wildman–Crippen LogP) is 3.47. The third-order valence-electron chi connectivity index (χ3n) is 1.95. The molecule has 0 aliphatic heterocycles. The molecule has 0 radical (unpaired) electrons. The van der Waals surface area contributed by atoms with Crippen molar-refractivity contribution in [2.75, 3.05) is 6.61 Å². The minimum absolute atomic E-state index is 0.105. The molecule has 0 fully saturated rings. The molecule has 0 atom stereocenters. The van der Waals surface area contributed by atoms with E-state index in [9.17, 15) is 4.79 Å². The van der Waals surface area contributed by atoms with Crippen LogP contribution in [-0.4, -0.2) is 12.6 Å². The van der Waals surface area contributed by atoms with E-state index >= 15 is 0 Å². The Morgan fingerprint density at radius 2 is 1.93 bits per heavy atom.